The van der Waals surface area contributed by atoms with Gasteiger partial charge in [0.2, 0.25) is 0 Å². The Morgan fingerprint density at radius 3 is 2.37 bits per heavy atom. The van der Waals surface area contributed by atoms with Crippen LogP contribution in [-0.4, -0.2) is 66.7 Å². The van der Waals surface area contributed by atoms with E-state index in [4.69, 9.17) is 20.9 Å². The number of nitrogens with two attached hydrogens (primary N) is 2. The molecule has 3 amide bonds. The molecule has 1 heterocycles. The van der Waals surface area contributed by atoms with Gasteiger partial charge in [-0.05, 0) is 50.3 Å². The Morgan fingerprint density at radius 1 is 1.11 bits per heavy atom. The number of piperidine rings is 1. The molecule has 2 atom stereocenters. The van der Waals surface area contributed by atoms with Crippen molar-refractivity contribution in [3.63, 3.8) is 0 Å². The van der Waals surface area contributed by atoms with Crippen LogP contribution in [0.25, 0.3) is 0 Å². The molecule has 194 valence electrons. The number of esters is 2. The molecule has 6 N–H and O–H groups in total. The first kappa shape index (κ1) is 28.1. The van der Waals surface area contributed by atoms with Crippen molar-refractivity contribution >= 4 is 24.1 Å². The molecule has 0 unspecified atom stereocenters. The highest BCUT2D eigenvalue weighted by Crippen LogP contribution is 2.23. The highest BCUT2D eigenvalue weighted by molar-refractivity contribution is 5.92. The Hall–Kier alpha value is -3.18. The van der Waals surface area contributed by atoms with E-state index in [2.05, 4.69) is 10.6 Å². The molecule has 1 aromatic rings. The van der Waals surface area contributed by atoms with Crippen LogP contribution in [0.2, 0.25) is 0 Å². The summed E-state index contributed by atoms with van der Waals surface area (Å²) in [5.74, 6) is -2.07. The third kappa shape index (κ3) is 9.18. The number of ether oxygens (including phenoxy) is 2. The number of rotatable bonds is 11. The van der Waals surface area contributed by atoms with Gasteiger partial charge in [-0.15, -0.1) is 0 Å². The van der Waals surface area contributed by atoms with Gasteiger partial charge in [0.05, 0.1) is 0 Å². The summed E-state index contributed by atoms with van der Waals surface area (Å²) >= 11 is 0. The van der Waals surface area contributed by atoms with Gasteiger partial charge in [0.15, 0.2) is 0 Å². The predicted molar refractivity (Wildman–Crippen MR) is 129 cm³/mol. The number of carbonyl (C=O) groups is 4. The number of carbonyl (C=O) groups excluding carboxylic acids is 4. The molecule has 0 aliphatic carbocycles. The lowest BCUT2D eigenvalue weighted by atomic mass is 9.97. The van der Waals surface area contributed by atoms with E-state index < -0.39 is 36.1 Å². The van der Waals surface area contributed by atoms with Gasteiger partial charge in [0.1, 0.15) is 18.7 Å². The van der Waals surface area contributed by atoms with Crippen molar-refractivity contribution in [2.45, 2.75) is 64.3 Å². The maximum Gasteiger partial charge on any atom is 0.411 e. The molecule has 2 rings (SSSR count). The van der Waals surface area contributed by atoms with Crippen LogP contribution in [0.5, 0.6) is 0 Å². The average molecular weight is 492 g/mol. The lowest BCUT2D eigenvalue weighted by Gasteiger charge is -2.39. The number of amides is 3. The fourth-order valence-corrected chi connectivity index (χ4v) is 3.96. The lowest BCUT2D eigenvalue weighted by molar-refractivity contribution is -0.166. The maximum atomic E-state index is 13.2. The van der Waals surface area contributed by atoms with Gasteiger partial charge in [-0.25, -0.2) is 19.2 Å². The topological polar surface area (TPSA) is 166 Å². The largest absolute Gasteiger partial charge is 0.445 e. The fraction of sp³-hybridized carbons (Fsp3) is 0.583. The molecular weight excluding hydrogens is 454 g/mol. The van der Waals surface area contributed by atoms with Gasteiger partial charge in [-0.3, -0.25) is 4.90 Å². The summed E-state index contributed by atoms with van der Waals surface area (Å²) in [7, 11) is 0. The Labute approximate surface area is 205 Å². The Balaban J connectivity index is 2.09. The Morgan fingerprint density at radius 2 is 1.77 bits per heavy atom. The second kappa shape index (κ2) is 14.3. The summed E-state index contributed by atoms with van der Waals surface area (Å²) in [6.07, 6.45) is 1.21. The lowest BCUT2D eigenvalue weighted by Crippen LogP contribution is -2.56. The maximum absolute atomic E-state index is 13.2. The van der Waals surface area contributed by atoms with Crippen LogP contribution in [0.3, 0.4) is 0 Å². The predicted octanol–water partition coefficient (Wildman–Crippen LogP) is 1.25. The van der Waals surface area contributed by atoms with E-state index in [1.54, 1.807) is 13.8 Å². The highest BCUT2D eigenvalue weighted by atomic mass is 16.6. The van der Waals surface area contributed by atoms with Crippen LogP contribution in [0.15, 0.2) is 30.3 Å². The smallest absolute Gasteiger partial charge is 0.411 e. The van der Waals surface area contributed by atoms with Gasteiger partial charge in [-0.2, -0.15) is 0 Å². The van der Waals surface area contributed by atoms with E-state index in [-0.39, 0.29) is 31.5 Å². The summed E-state index contributed by atoms with van der Waals surface area (Å²) in [6.45, 7) is 5.25. The molecule has 11 heteroatoms. The first-order chi connectivity index (χ1) is 16.7. The van der Waals surface area contributed by atoms with E-state index in [0.29, 0.717) is 32.4 Å². The molecule has 11 nitrogen and oxygen atoms in total. The number of urea groups is 1. The number of nitrogens with zero attached hydrogens (tertiary/aromatic N) is 1. The first-order valence-corrected chi connectivity index (χ1v) is 11.9. The monoisotopic (exact) mass is 491 g/mol. The van der Waals surface area contributed by atoms with Gasteiger partial charge in [0.25, 0.3) is 0 Å². The van der Waals surface area contributed by atoms with Crippen molar-refractivity contribution in [3.05, 3.63) is 35.9 Å². The minimum Gasteiger partial charge on any atom is -0.445 e. The second-order valence-corrected chi connectivity index (χ2v) is 8.90. The zero-order valence-electron chi connectivity index (χ0n) is 20.4. The summed E-state index contributed by atoms with van der Waals surface area (Å²) in [4.78, 5) is 51.0. The third-order valence-corrected chi connectivity index (χ3v) is 5.79. The molecule has 0 spiro atoms. The normalized spacial score (nSPS) is 15.7. The number of hydrogen-bond acceptors (Lipinski definition) is 8. The standard InChI is InChI=1S/C24H37N5O6/c1-16(2)20(22(31)35-21(30)19(25)9-6-12-28-23(26)32)29(18-10-13-27-14-11-18)24(33)34-15-17-7-4-3-5-8-17/h3-5,7-8,16,18-20,27H,6,9-15,25H2,1-2H3,(H3,26,28,32)/t19-,20-/m0/s1. The minimum absolute atomic E-state index is 0.0597. The van der Waals surface area contributed by atoms with Crippen LogP contribution in [0.1, 0.15) is 45.1 Å². The molecule has 1 aromatic carbocycles. The van der Waals surface area contributed by atoms with Crippen molar-refractivity contribution < 1.29 is 28.7 Å². The number of primary amides is 1. The first-order valence-electron chi connectivity index (χ1n) is 11.9. The van der Waals surface area contributed by atoms with Crippen molar-refractivity contribution in [3.8, 4) is 0 Å². The summed E-state index contributed by atoms with van der Waals surface area (Å²) in [5, 5.41) is 5.64. The van der Waals surface area contributed by atoms with Gasteiger partial charge in [0, 0.05) is 12.6 Å². The van der Waals surface area contributed by atoms with Crippen molar-refractivity contribution in [2.75, 3.05) is 19.6 Å². The molecule has 35 heavy (non-hydrogen) atoms. The highest BCUT2D eigenvalue weighted by Gasteiger charge is 2.40. The molecule has 0 radical (unpaired) electrons. The molecule has 1 fully saturated rings. The summed E-state index contributed by atoms with van der Waals surface area (Å²) < 4.78 is 10.7. The van der Waals surface area contributed by atoms with E-state index in [0.717, 1.165) is 5.56 Å². The van der Waals surface area contributed by atoms with Crippen LogP contribution < -0.4 is 22.1 Å². The molecule has 0 bridgehead atoms. The number of benzene rings is 1. The van der Waals surface area contributed by atoms with Crippen LogP contribution >= 0.6 is 0 Å². The van der Waals surface area contributed by atoms with Crippen LogP contribution in [-0.2, 0) is 25.7 Å². The van der Waals surface area contributed by atoms with E-state index in [9.17, 15) is 19.2 Å². The molecule has 1 aliphatic rings. The third-order valence-electron chi connectivity index (χ3n) is 5.79. The summed E-state index contributed by atoms with van der Waals surface area (Å²) in [5.41, 5.74) is 11.7. The quantitative estimate of drug-likeness (QED) is 0.204. The van der Waals surface area contributed by atoms with E-state index in [1.807, 2.05) is 30.3 Å². The van der Waals surface area contributed by atoms with E-state index >= 15 is 0 Å². The zero-order chi connectivity index (χ0) is 25.8. The van der Waals surface area contributed by atoms with Crippen molar-refractivity contribution in [1.82, 2.24) is 15.5 Å². The molecule has 0 aromatic heterocycles. The summed E-state index contributed by atoms with van der Waals surface area (Å²) in [6, 6.07) is 6.25. The number of hydrogen-bond donors (Lipinski definition) is 4. The van der Waals surface area contributed by atoms with Gasteiger partial charge in [-0.1, -0.05) is 44.2 Å². The molecule has 0 saturated carbocycles. The van der Waals surface area contributed by atoms with Gasteiger partial charge >= 0.3 is 24.1 Å². The Bertz CT molecular complexity index is 844. The SMILES string of the molecule is CC(C)[C@@H](C(=O)OC(=O)[C@@H](N)CCCNC(N)=O)N(C(=O)OCc1ccccc1)C1CCNCC1. The van der Waals surface area contributed by atoms with Crippen LogP contribution in [0, 0.1) is 5.92 Å². The average Bonchev–Trinajstić information content (AvgIpc) is 2.84. The Kier molecular flexibility index (Phi) is 11.4. The number of nitrogens with one attached hydrogen (secondary N) is 2. The zero-order valence-corrected chi connectivity index (χ0v) is 20.4. The fourth-order valence-electron chi connectivity index (χ4n) is 3.96. The van der Waals surface area contributed by atoms with Crippen molar-refractivity contribution in [1.29, 1.82) is 0 Å². The molecule has 1 saturated heterocycles. The second-order valence-electron chi connectivity index (χ2n) is 8.90. The van der Waals surface area contributed by atoms with Crippen LogP contribution in [0.4, 0.5) is 9.59 Å². The molecule has 1 aliphatic heterocycles. The molecular formula is C24H37N5O6. The van der Waals surface area contributed by atoms with E-state index in [1.165, 1.54) is 4.90 Å². The minimum atomic E-state index is -1.06. The van der Waals surface area contributed by atoms with Gasteiger partial charge < -0.3 is 31.6 Å². The van der Waals surface area contributed by atoms with Crippen molar-refractivity contribution in [2.24, 2.45) is 17.4 Å².